The van der Waals surface area contributed by atoms with Crippen molar-refractivity contribution in [1.29, 1.82) is 0 Å². The Bertz CT molecular complexity index is 40.7. The monoisotopic (exact) mass is 2460 g/mol. The maximum absolute atomic E-state index is 0. The summed E-state index contributed by atoms with van der Waals surface area (Å²) in [7, 11) is 0. The van der Waals surface area contributed by atoms with Crippen molar-refractivity contribution >= 4 is 0 Å². The molecule has 0 aromatic heterocycles. The zero-order valence-corrected chi connectivity index (χ0v) is 92.0. The fourth-order valence-corrected chi connectivity index (χ4v) is 0. The fraction of sp³-hybridized carbons (Fsp3) is 1.00. The number of hydrogen-bond acceptors (Lipinski definition) is 0. The minimum atomic E-state index is 0. The molecule has 34 heavy (non-hydrogen) atoms. The van der Waals surface area contributed by atoms with Crippen LogP contribution < -0.4 is 0 Å². The molecule has 134 valence electrons. The summed E-state index contributed by atoms with van der Waals surface area (Å²) in [5.41, 5.74) is 0. The van der Waals surface area contributed by atoms with Gasteiger partial charge in [-0.25, -0.2) is 0 Å². The first-order valence-corrected chi connectivity index (χ1v) is 0. The Balaban J connectivity index is 0. The molecule has 0 heterocycles. The quantitative estimate of drug-likeness (QED) is 0.343. The van der Waals surface area contributed by atoms with Crippen molar-refractivity contribution < 1.29 is 891 Å². The van der Waals surface area contributed by atoms with Crippen molar-refractivity contribution in [2.24, 2.45) is 0 Å². The van der Waals surface area contributed by atoms with Gasteiger partial charge in [-0.15, -0.1) is 0 Å². The summed E-state index contributed by atoms with van der Waals surface area (Å²) in [5.74, 6) is 0. The third kappa shape index (κ3) is 258. The van der Waals surface area contributed by atoms with Crippen molar-refractivity contribution in [3.63, 3.8) is 0 Å². The van der Waals surface area contributed by atoms with Gasteiger partial charge in [0.1, 0.15) is 0 Å². The van der Waals surface area contributed by atoms with Crippen molar-refractivity contribution in [1.82, 2.24) is 0 Å². The molecule has 0 aliphatic rings. The van der Waals surface area contributed by atoms with E-state index in [4.69, 9.17) is 0 Å². The Hall–Kier alpha value is 29.6. The van der Waals surface area contributed by atoms with Crippen LogP contribution in [0.3, 0.4) is 0 Å². The van der Waals surface area contributed by atoms with E-state index in [0.29, 0.717) is 0 Å². The second kappa shape index (κ2) is 271. The molecule has 0 spiro atoms. The van der Waals surface area contributed by atoms with Gasteiger partial charge < -0.3 is 0 Å². The summed E-state index contributed by atoms with van der Waals surface area (Å²) in [4.78, 5) is 0. The van der Waals surface area contributed by atoms with Crippen LogP contribution in [-0.4, -0.2) is 0 Å². The molecule has 0 saturated heterocycles. The predicted octanol–water partition coefficient (Wildman–Crippen LogP) is 1.19. The van der Waals surface area contributed by atoms with E-state index >= 15 is 0 Å². The van der Waals surface area contributed by atoms with Crippen LogP contribution in [0.15, 0.2) is 0 Å². The molecule has 0 nitrogen and oxygen atoms in total. The van der Waals surface area contributed by atoms with Crippen LogP contribution >= 0.6 is 0 Å². The van der Waals surface area contributed by atoms with Gasteiger partial charge in [-0.1, -0.05) is 14.9 Å². The summed E-state index contributed by atoms with van der Waals surface area (Å²) in [6, 6.07) is 0. The smallest absolute Gasteiger partial charge is 0 e. The Labute approximate surface area is 873 Å². The Kier molecular flexibility index (Phi) is 2270. The second-order valence-electron chi connectivity index (χ2n) is 0. The van der Waals surface area contributed by atoms with E-state index in [9.17, 15) is 0 Å². The standard InChI is InChI=1S/2CH4.11V.21Y/h2*1H4;;;;;;;;;;;;;;;;;;;;;;;;;;;;;;;;. The van der Waals surface area contributed by atoms with Gasteiger partial charge in [0, 0.05) is 891 Å². The summed E-state index contributed by atoms with van der Waals surface area (Å²) < 4.78 is 0. The third-order valence-electron chi connectivity index (χ3n) is 0. The van der Waals surface area contributed by atoms with Gasteiger partial charge in [0.15, 0.2) is 0 Å². The summed E-state index contributed by atoms with van der Waals surface area (Å²) >= 11 is 0. The third-order valence-corrected chi connectivity index (χ3v) is 0. The molecule has 0 fully saturated rings. The molecule has 0 saturated carbocycles. The minimum absolute atomic E-state index is 0. The average molecular weight is 2460 g/mol. The van der Waals surface area contributed by atoms with E-state index in [1.165, 1.54) is 0 Å². The van der Waals surface area contributed by atoms with Crippen LogP contribution in [0.25, 0.3) is 0 Å². The molecule has 0 aliphatic heterocycles. The van der Waals surface area contributed by atoms with Crippen LogP contribution in [0.4, 0.5) is 0 Å². The molecule has 0 bridgehead atoms. The SMILES string of the molecule is C.C.[V].[V].[V].[V].[V].[V].[V].[V].[V].[V].[V].[Y].[Y].[Y].[Y].[Y].[Y].[Y].[Y].[Y].[Y].[Y].[Y].[Y].[Y].[Y].[Y].[Y].[Y].[Y].[Y].[Y]. The van der Waals surface area contributed by atoms with Crippen LogP contribution in [-0.2, 0) is 891 Å². The fourth-order valence-electron chi connectivity index (χ4n) is 0. The Morgan fingerprint density at radius 1 is 0.0882 bits per heavy atom. The van der Waals surface area contributed by atoms with E-state index in [0.717, 1.165) is 0 Å². The van der Waals surface area contributed by atoms with Gasteiger partial charge in [0.05, 0.1) is 0 Å². The molecule has 0 aliphatic carbocycles. The number of rotatable bonds is 0. The first-order valence-electron chi connectivity index (χ1n) is 0. The van der Waals surface area contributed by atoms with Crippen LogP contribution in [0, 0.1) is 0 Å². The molecule has 32 heteroatoms. The van der Waals surface area contributed by atoms with Gasteiger partial charge >= 0.3 is 0 Å². The molecule has 0 unspecified atom stereocenters. The predicted molar refractivity (Wildman–Crippen MR) is 13.5 cm³/mol. The summed E-state index contributed by atoms with van der Waals surface area (Å²) in [6.07, 6.45) is 0. The largest absolute Gasteiger partial charge is 0.0776 e. The zero-order valence-electron chi connectivity index (χ0n) is 17.0. The van der Waals surface area contributed by atoms with Gasteiger partial charge in [0.2, 0.25) is 0 Å². The van der Waals surface area contributed by atoms with Crippen LogP contribution in [0.5, 0.6) is 0 Å². The van der Waals surface area contributed by atoms with Gasteiger partial charge in [-0.3, -0.25) is 0 Å². The maximum Gasteiger partial charge on any atom is 0 e. The molecule has 0 aromatic rings. The normalized spacial score (nSPS) is 0. The summed E-state index contributed by atoms with van der Waals surface area (Å²) in [5, 5.41) is 0. The van der Waals surface area contributed by atoms with E-state index in [1.54, 1.807) is 0 Å². The van der Waals surface area contributed by atoms with Gasteiger partial charge in [0.25, 0.3) is 0 Å². The molecule has 0 rings (SSSR count). The van der Waals surface area contributed by atoms with Crippen LogP contribution in [0.2, 0.25) is 0 Å². The van der Waals surface area contributed by atoms with E-state index < -0.39 is 0 Å². The minimum Gasteiger partial charge on any atom is -0.0776 e. The van der Waals surface area contributed by atoms with Crippen molar-refractivity contribution in [2.75, 3.05) is 0 Å². The maximum atomic E-state index is 0. The van der Waals surface area contributed by atoms with Gasteiger partial charge in [-0.2, -0.15) is 0 Å². The zero-order chi connectivity index (χ0) is 0. The van der Waals surface area contributed by atoms with E-state index in [-0.39, 0.29) is 906 Å². The van der Waals surface area contributed by atoms with E-state index in [1.807, 2.05) is 0 Å². The molecule has 32 radical (unpaired) electrons. The second-order valence-corrected chi connectivity index (χ2v) is 0. The molecular formula is C2H8V11Y21. The average Bonchev–Trinajstić information content (AvgIpc) is 0. The van der Waals surface area contributed by atoms with E-state index in [2.05, 4.69) is 0 Å². The van der Waals surface area contributed by atoms with Crippen molar-refractivity contribution in [2.45, 2.75) is 14.9 Å². The Morgan fingerprint density at radius 3 is 0.0882 bits per heavy atom. The molecule has 0 aromatic carbocycles. The molecule has 0 atom stereocenters. The molecule has 0 amide bonds. The first kappa shape index (κ1) is 284. The molecule has 0 N–H and O–H groups in total. The van der Waals surface area contributed by atoms with Crippen LogP contribution in [0.1, 0.15) is 14.9 Å². The van der Waals surface area contributed by atoms with Crippen molar-refractivity contribution in [3.8, 4) is 0 Å². The first-order chi connectivity index (χ1) is 0. The summed E-state index contributed by atoms with van der Waals surface area (Å²) in [6.45, 7) is 0. The van der Waals surface area contributed by atoms with Gasteiger partial charge in [-0.05, 0) is 0 Å². The topological polar surface area (TPSA) is 0 Å². The number of hydrogen-bond donors (Lipinski definition) is 0. The van der Waals surface area contributed by atoms with Crippen molar-refractivity contribution in [3.05, 3.63) is 0 Å². The molecular weight excluding hydrogens is 2450 g/mol. The Morgan fingerprint density at radius 2 is 0.0882 bits per heavy atom.